The predicted molar refractivity (Wildman–Crippen MR) is 55.1 cm³/mol. The second-order valence-electron chi connectivity index (χ2n) is 2.82. The van der Waals surface area contributed by atoms with E-state index in [-0.39, 0.29) is 0 Å². The van der Waals surface area contributed by atoms with Crippen LogP contribution in [0.1, 0.15) is 0 Å². The molecule has 0 bridgehead atoms. The van der Waals surface area contributed by atoms with Crippen LogP contribution in [0, 0.1) is 0 Å². The van der Waals surface area contributed by atoms with Gasteiger partial charge in [-0.1, -0.05) is 11.8 Å². The smallest absolute Gasteiger partial charge is 0.226 e. The van der Waals surface area contributed by atoms with E-state index in [0.29, 0.717) is 0 Å². The highest BCUT2D eigenvalue weighted by atomic mass is 32.2. The van der Waals surface area contributed by atoms with Crippen LogP contribution in [0.2, 0.25) is 0 Å². The highest BCUT2D eigenvalue weighted by Gasteiger charge is 2.15. The monoisotopic (exact) mass is 208 g/mol. The summed E-state index contributed by atoms with van der Waals surface area (Å²) in [5.41, 5.74) is 0. The second-order valence-corrected chi connectivity index (χ2v) is 3.89. The fourth-order valence-electron chi connectivity index (χ4n) is 1.11. The van der Waals surface area contributed by atoms with Crippen LogP contribution in [-0.2, 0) is 9.59 Å². The number of allylic oxidation sites excluding steroid dienone is 3. The quantitative estimate of drug-likeness (QED) is 0.496. The molecule has 0 atom stereocenters. The molecule has 0 aromatic carbocycles. The number of amidine groups is 1. The maximum absolute atomic E-state index is 11.0. The molecule has 0 aromatic rings. The molecule has 0 spiro atoms. The number of thioether (sulfide) groups is 1. The maximum Gasteiger partial charge on any atom is 0.226 e. The van der Waals surface area contributed by atoms with Gasteiger partial charge >= 0.3 is 0 Å². The Morgan fingerprint density at radius 1 is 1.29 bits per heavy atom. The molecular formula is C9H8N2O2S. The molecule has 0 fully saturated rings. The molecule has 1 N–H and O–H groups in total. The number of hydrogen-bond acceptors (Lipinski definition) is 5. The molecule has 14 heavy (non-hydrogen) atoms. The molecule has 2 aliphatic rings. The largest absolute Gasteiger partial charge is 0.363 e. The summed E-state index contributed by atoms with van der Waals surface area (Å²) in [6, 6.07) is 0. The van der Waals surface area contributed by atoms with Crippen molar-refractivity contribution in [2.75, 3.05) is 13.1 Å². The fourth-order valence-corrected chi connectivity index (χ4v) is 1.96. The highest BCUT2D eigenvalue weighted by molar-refractivity contribution is 8.17. The Kier molecular flexibility index (Phi) is 2.49. The van der Waals surface area contributed by atoms with E-state index in [0.717, 1.165) is 23.2 Å². The Morgan fingerprint density at radius 3 is 2.79 bits per heavy atom. The van der Waals surface area contributed by atoms with E-state index in [1.165, 1.54) is 23.9 Å². The molecule has 1 aliphatic heterocycles. The zero-order valence-corrected chi connectivity index (χ0v) is 8.13. The molecule has 0 saturated heterocycles. The van der Waals surface area contributed by atoms with Gasteiger partial charge in [0.25, 0.3) is 0 Å². The van der Waals surface area contributed by atoms with Crippen molar-refractivity contribution in [1.82, 2.24) is 5.32 Å². The molecule has 0 saturated carbocycles. The summed E-state index contributed by atoms with van der Waals surface area (Å²) in [7, 11) is 0. The van der Waals surface area contributed by atoms with Crippen LogP contribution in [0.5, 0.6) is 0 Å². The lowest BCUT2D eigenvalue weighted by molar-refractivity contribution is -0.131. The summed E-state index contributed by atoms with van der Waals surface area (Å²) in [5, 5.41) is 3.88. The van der Waals surface area contributed by atoms with Gasteiger partial charge in [0.2, 0.25) is 11.6 Å². The van der Waals surface area contributed by atoms with Crippen molar-refractivity contribution in [3.8, 4) is 0 Å². The minimum absolute atomic E-state index is 0.462. The van der Waals surface area contributed by atoms with Gasteiger partial charge in [0.05, 0.1) is 6.54 Å². The number of aliphatic imine (C=N–C) groups is 1. The first kappa shape index (κ1) is 9.21. The summed E-state index contributed by atoms with van der Waals surface area (Å²) >= 11 is 1.37. The normalized spacial score (nSPS) is 20.6. The lowest BCUT2D eigenvalue weighted by Crippen LogP contribution is -2.16. The van der Waals surface area contributed by atoms with Crippen LogP contribution in [0.4, 0.5) is 0 Å². The molecule has 72 valence electrons. The van der Waals surface area contributed by atoms with Crippen LogP contribution in [0.3, 0.4) is 0 Å². The first-order chi connectivity index (χ1) is 6.75. The fraction of sp³-hybridized carbons (Fsp3) is 0.222. The van der Waals surface area contributed by atoms with E-state index in [1.54, 1.807) is 6.08 Å². The van der Waals surface area contributed by atoms with Gasteiger partial charge in [-0.25, -0.2) is 0 Å². The number of nitrogens with zero attached hydrogens (tertiary/aromatic N) is 1. The Bertz CT molecular complexity index is 382. The molecule has 1 heterocycles. The molecule has 2 rings (SSSR count). The summed E-state index contributed by atoms with van der Waals surface area (Å²) in [4.78, 5) is 26.8. The third-order valence-electron chi connectivity index (χ3n) is 1.77. The Labute approximate surface area is 85.2 Å². The average molecular weight is 208 g/mol. The summed E-state index contributed by atoms with van der Waals surface area (Å²) in [6.45, 7) is 1.61. The van der Waals surface area contributed by atoms with Gasteiger partial charge in [0, 0.05) is 17.5 Å². The topological polar surface area (TPSA) is 58.5 Å². The third kappa shape index (κ3) is 1.93. The number of carbonyl (C=O) groups is 2. The van der Waals surface area contributed by atoms with E-state index in [4.69, 9.17) is 0 Å². The molecular weight excluding hydrogens is 200 g/mol. The van der Waals surface area contributed by atoms with E-state index in [9.17, 15) is 9.59 Å². The van der Waals surface area contributed by atoms with Crippen molar-refractivity contribution in [2.24, 2.45) is 4.99 Å². The Hall–Kier alpha value is -1.36. The zero-order valence-electron chi connectivity index (χ0n) is 7.32. The average Bonchev–Trinajstić information content (AvgIpc) is 2.64. The van der Waals surface area contributed by atoms with Gasteiger partial charge in [-0.3, -0.25) is 14.6 Å². The van der Waals surface area contributed by atoms with E-state index in [1.807, 2.05) is 0 Å². The van der Waals surface area contributed by atoms with Gasteiger partial charge in [-0.05, 0) is 12.2 Å². The molecule has 1 aliphatic carbocycles. The highest BCUT2D eigenvalue weighted by Crippen LogP contribution is 2.21. The Balaban J connectivity index is 2.06. The van der Waals surface area contributed by atoms with Crippen LogP contribution >= 0.6 is 11.8 Å². The summed E-state index contributed by atoms with van der Waals surface area (Å²) in [5.74, 6) is -0.927. The number of ketones is 2. The Morgan fingerprint density at radius 2 is 2.14 bits per heavy atom. The zero-order chi connectivity index (χ0) is 9.97. The van der Waals surface area contributed by atoms with Crippen molar-refractivity contribution in [3.05, 3.63) is 23.1 Å². The predicted octanol–water partition coefficient (Wildman–Crippen LogP) is 0.271. The second kappa shape index (κ2) is 3.79. The third-order valence-corrected chi connectivity index (χ3v) is 2.73. The molecule has 0 radical (unpaired) electrons. The molecule has 0 amide bonds. The van der Waals surface area contributed by atoms with Gasteiger partial charge in [0.15, 0.2) is 5.17 Å². The minimum Gasteiger partial charge on any atom is -0.363 e. The van der Waals surface area contributed by atoms with Crippen LogP contribution in [0.15, 0.2) is 28.1 Å². The van der Waals surface area contributed by atoms with E-state index >= 15 is 0 Å². The minimum atomic E-state index is -0.464. The lowest BCUT2D eigenvalue weighted by atomic mass is 10.1. The van der Waals surface area contributed by atoms with Gasteiger partial charge in [-0.15, -0.1) is 0 Å². The SMILES string of the molecule is O=C1C=CC(SC2=NCCN2)=CC1=O. The molecule has 0 unspecified atom stereocenters. The van der Waals surface area contributed by atoms with Gasteiger partial charge in [-0.2, -0.15) is 0 Å². The van der Waals surface area contributed by atoms with Crippen LogP contribution in [-0.4, -0.2) is 29.8 Å². The van der Waals surface area contributed by atoms with E-state index in [2.05, 4.69) is 10.3 Å². The number of hydrogen-bond donors (Lipinski definition) is 1. The van der Waals surface area contributed by atoms with Crippen molar-refractivity contribution in [2.45, 2.75) is 0 Å². The van der Waals surface area contributed by atoms with Crippen molar-refractivity contribution < 1.29 is 9.59 Å². The number of nitrogens with one attached hydrogen (secondary N) is 1. The number of rotatable bonds is 1. The van der Waals surface area contributed by atoms with Crippen LogP contribution < -0.4 is 5.32 Å². The van der Waals surface area contributed by atoms with Crippen molar-refractivity contribution in [1.29, 1.82) is 0 Å². The molecule has 5 heteroatoms. The molecule has 4 nitrogen and oxygen atoms in total. The first-order valence-corrected chi connectivity index (χ1v) is 5.01. The van der Waals surface area contributed by atoms with Crippen LogP contribution in [0.25, 0.3) is 0 Å². The molecule has 0 aromatic heterocycles. The van der Waals surface area contributed by atoms with Gasteiger partial charge < -0.3 is 5.32 Å². The number of carbonyl (C=O) groups excluding carboxylic acids is 2. The van der Waals surface area contributed by atoms with Crippen molar-refractivity contribution in [3.63, 3.8) is 0 Å². The maximum atomic E-state index is 11.0. The van der Waals surface area contributed by atoms with E-state index < -0.39 is 11.6 Å². The van der Waals surface area contributed by atoms with Gasteiger partial charge in [0.1, 0.15) is 0 Å². The standard InChI is InChI=1S/C9H8N2O2S/c12-7-2-1-6(5-8(7)13)14-9-10-3-4-11-9/h1-2,5H,3-4H2,(H,10,11). The lowest BCUT2D eigenvalue weighted by Gasteiger charge is -2.04. The first-order valence-electron chi connectivity index (χ1n) is 4.20. The van der Waals surface area contributed by atoms with Crippen molar-refractivity contribution >= 4 is 28.5 Å². The summed E-state index contributed by atoms with van der Waals surface area (Å²) < 4.78 is 0. The summed E-state index contributed by atoms with van der Waals surface area (Å²) in [6.07, 6.45) is 4.27.